The quantitative estimate of drug-likeness (QED) is 0.112. The minimum absolute atomic E-state index is 0.118. The van der Waals surface area contributed by atoms with Crippen LogP contribution in [-0.4, -0.2) is 40.1 Å². The van der Waals surface area contributed by atoms with E-state index in [1.54, 1.807) is 0 Å². The molecule has 2 aromatic heterocycles. The highest BCUT2D eigenvalue weighted by Crippen LogP contribution is 2.51. The fraction of sp³-hybridized carbons (Fsp3) is 0.484. The van der Waals surface area contributed by atoms with Crippen LogP contribution in [-0.2, 0) is 13.8 Å². The summed E-state index contributed by atoms with van der Waals surface area (Å²) >= 11 is 0. The second-order valence-corrected chi connectivity index (χ2v) is 12.4. The van der Waals surface area contributed by atoms with Crippen LogP contribution >= 0.6 is 8.53 Å². The maximum atomic E-state index is 12.2. The Labute approximate surface area is 236 Å². The van der Waals surface area contributed by atoms with Gasteiger partial charge >= 0.3 is 5.63 Å². The molecule has 0 bridgehead atoms. The number of hydrogen-bond acceptors (Lipinski definition) is 7. The van der Waals surface area contributed by atoms with Crippen LogP contribution in [0.4, 0.5) is 0 Å². The van der Waals surface area contributed by atoms with Gasteiger partial charge in [-0.2, -0.15) is 5.26 Å². The zero-order valence-corrected chi connectivity index (χ0v) is 25.0. The van der Waals surface area contributed by atoms with E-state index in [0.29, 0.717) is 25.0 Å². The smallest absolute Gasteiger partial charge is 0.336 e. The SMILES string of the molecule is CC[C@H]1O[C@@H](n2c3ccccc3c3cc4c(C)cc(=O)oc4cc32)CC1OP(OCCC#N)N(C(C)C)C(C)C. The van der Waals surface area contributed by atoms with Gasteiger partial charge in [-0.25, -0.2) is 9.46 Å². The van der Waals surface area contributed by atoms with Crippen LogP contribution in [0.1, 0.15) is 65.7 Å². The molecule has 4 aromatic rings. The molecule has 0 N–H and O–H groups in total. The van der Waals surface area contributed by atoms with Crippen LogP contribution in [0, 0.1) is 18.3 Å². The number of hydrogen-bond donors (Lipinski definition) is 0. The molecule has 8 nitrogen and oxygen atoms in total. The summed E-state index contributed by atoms with van der Waals surface area (Å²) in [5.74, 6) is 0. The molecule has 2 aromatic carbocycles. The lowest BCUT2D eigenvalue weighted by molar-refractivity contribution is -0.0145. The molecule has 0 spiro atoms. The van der Waals surface area contributed by atoms with Crippen molar-refractivity contribution in [3.05, 3.63) is 58.4 Å². The Hall–Kier alpha value is -2.79. The van der Waals surface area contributed by atoms with Crippen molar-refractivity contribution < 1.29 is 18.2 Å². The van der Waals surface area contributed by atoms with Gasteiger partial charge in [0.25, 0.3) is 8.53 Å². The zero-order valence-electron chi connectivity index (χ0n) is 24.1. The lowest BCUT2D eigenvalue weighted by Crippen LogP contribution is -2.35. The van der Waals surface area contributed by atoms with E-state index in [1.165, 1.54) is 6.07 Å². The monoisotopic (exact) mass is 563 g/mol. The van der Waals surface area contributed by atoms with Gasteiger partial charge in [0.1, 0.15) is 11.8 Å². The normalized spacial score (nSPS) is 20.4. The molecule has 3 heterocycles. The minimum atomic E-state index is -1.39. The summed E-state index contributed by atoms with van der Waals surface area (Å²) in [7, 11) is -1.39. The standard InChI is InChI=1S/C31H38N3O5P/c1-7-27-29(39-40(36-14-10-13-32)34(19(2)3)20(4)5)18-30(37-27)33-25-12-9-8-11-22(25)24-16-23-21(6)15-31(35)38-28(23)17-26(24)33/h8-9,11-12,15-17,19-20,27,29-30H,7,10,14,18H2,1-6H3/t27-,29?,30-,40?/m1/s1. The van der Waals surface area contributed by atoms with Crippen LogP contribution in [0.25, 0.3) is 32.8 Å². The molecule has 5 rings (SSSR count). The Balaban J connectivity index is 1.55. The summed E-state index contributed by atoms with van der Waals surface area (Å²) in [6.07, 6.45) is 1.19. The van der Waals surface area contributed by atoms with Gasteiger partial charge in [-0.1, -0.05) is 25.1 Å². The molecule has 40 heavy (non-hydrogen) atoms. The topological polar surface area (TPSA) is 89.9 Å². The lowest BCUT2D eigenvalue weighted by Gasteiger charge is -2.37. The highest BCUT2D eigenvalue weighted by Gasteiger charge is 2.41. The first kappa shape index (κ1) is 28.7. The van der Waals surface area contributed by atoms with Crippen LogP contribution in [0.3, 0.4) is 0 Å². The molecular formula is C31H38N3O5P. The van der Waals surface area contributed by atoms with Crippen LogP contribution in [0.15, 0.2) is 51.7 Å². The van der Waals surface area contributed by atoms with Crippen molar-refractivity contribution in [2.24, 2.45) is 0 Å². The number of rotatable bonds is 10. The molecule has 2 unspecified atom stereocenters. The summed E-state index contributed by atoms with van der Waals surface area (Å²) in [5, 5.41) is 12.2. The van der Waals surface area contributed by atoms with Crippen molar-refractivity contribution in [1.82, 2.24) is 9.24 Å². The molecule has 1 aliphatic heterocycles. The summed E-state index contributed by atoms with van der Waals surface area (Å²) in [6.45, 7) is 12.9. The second kappa shape index (κ2) is 12.0. The van der Waals surface area contributed by atoms with Gasteiger partial charge in [0, 0.05) is 46.8 Å². The number of para-hydroxylation sites is 1. The van der Waals surface area contributed by atoms with Crippen molar-refractivity contribution in [3.8, 4) is 6.07 Å². The second-order valence-electron chi connectivity index (χ2n) is 11.0. The highest BCUT2D eigenvalue weighted by atomic mass is 31.2. The summed E-state index contributed by atoms with van der Waals surface area (Å²) in [4.78, 5) is 12.2. The van der Waals surface area contributed by atoms with Crippen molar-refractivity contribution >= 4 is 41.3 Å². The molecule has 4 atom stereocenters. The average Bonchev–Trinajstić information content (AvgIpc) is 3.45. The lowest BCUT2D eigenvalue weighted by atomic mass is 10.1. The summed E-state index contributed by atoms with van der Waals surface area (Å²) < 4.78 is 29.8. The first-order valence-electron chi connectivity index (χ1n) is 14.1. The van der Waals surface area contributed by atoms with Gasteiger partial charge in [-0.3, -0.25) is 0 Å². The first-order valence-corrected chi connectivity index (χ1v) is 15.2. The molecule has 0 amide bonds. The molecule has 0 aliphatic carbocycles. The Bertz CT molecular complexity index is 1600. The van der Waals surface area contributed by atoms with E-state index in [0.717, 1.165) is 39.2 Å². The first-order chi connectivity index (χ1) is 19.2. The number of nitriles is 1. The predicted molar refractivity (Wildman–Crippen MR) is 159 cm³/mol. The molecule has 9 heteroatoms. The number of ether oxygens (including phenoxy) is 1. The van der Waals surface area contributed by atoms with Crippen molar-refractivity contribution in [2.45, 2.75) is 91.3 Å². The molecule has 0 saturated carbocycles. The van der Waals surface area contributed by atoms with E-state index in [4.69, 9.17) is 23.5 Å². The third kappa shape index (κ3) is 5.42. The van der Waals surface area contributed by atoms with Crippen LogP contribution in [0.5, 0.6) is 0 Å². The molecule has 0 radical (unpaired) electrons. The van der Waals surface area contributed by atoms with Crippen molar-refractivity contribution in [1.29, 1.82) is 5.26 Å². The number of fused-ring (bicyclic) bond motifs is 4. The number of aryl methyl sites for hydroxylation is 1. The molecule has 1 aliphatic rings. The van der Waals surface area contributed by atoms with Crippen LogP contribution < -0.4 is 5.63 Å². The fourth-order valence-corrected chi connectivity index (χ4v) is 7.62. The largest absolute Gasteiger partial charge is 0.423 e. The van der Waals surface area contributed by atoms with E-state index < -0.39 is 8.53 Å². The third-order valence-corrected chi connectivity index (χ3v) is 9.70. The number of aromatic nitrogens is 1. The van der Waals surface area contributed by atoms with E-state index in [9.17, 15) is 4.79 Å². The minimum Gasteiger partial charge on any atom is -0.423 e. The Morgan fingerprint density at radius 3 is 2.55 bits per heavy atom. The average molecular weight is 564 g/mol. The molecule has 212 valence electrons. The van der Waals surface area contributed by atoms with Crippen LogP contribution in [0.2, 0.25) is 0 Å². The summed E-state index contributed by atoms with van der Waals surface area (Å²) in [5.41, 5.74) is 3.13. The summed E-state index contributed by atoms with van der Waals surface area (Å²) in [6, 6.07) is 16.5. The highest BCUT2D eigenvalue weighted by molar-refractivity contribution is 7.44. The van der Waals surface area contributed by atoms with Gasteiger partial charge in [0.05, 0.1) is 42.3 Å². The van der Waals surface area contributed by atoms with Gasteiger partial charge in [-0.05, 0) is 58.7 Å². The van der Waals surface area contributed by atoms with Gasteiger partial charge in [0.15, 0.2) is 0 Å². The van der Waals surface area contributed by atoms with E-state index in [1.807, 2.05) is 25.1 Å². The van der Waals surface area contributed by atoms with E-state index in [2.05, 4.69) is 68.1 Å². The zero-order chi connectivity index (χ0) is 28.6. The fourth-order valence-electron chi connectivity index (χ4n) is 5.86. The van der Waals surface area contributed by atoms with Crippen molar-refractivity contribution in [3.63, 3.8) is 0 Å². The van der Waals surface area contributed by atoms with Gasteiger partial charge in [-0.15, -0.1) is 0 Å². The Morgan fingerprint density at radius 2 is 1.85 bits per heavy atom. The maximum absolute atomic E-state index is 12.2. The predicted octanol–water partition coefficient (Wildman–Crippen LogP) is 7.57. The molecule has 1 fully saturated rings. The molecular weight excluding hydrogens is 525 g/mol. The Kier molecular flexibility index (Phi) is 8.61. The number of nitrogens with zero attached hydrogens (tertiary/aromatic N) is 3. The van der Waals surface area contributed by atoms with Crippen molar-refractivity contribution in [2.75, 3.05) is 6.61 Å². The van der Waals surface area contributed by atoms with E-state index in [-0.39, 0.29) is 36.1 Å². The molecule has 1 saturated heterocycles. The number of benzene rings is 2. The Morgan fingerprint density at radius 1 is 1.10 bits per heavy atom. The third-order valence-electron chi connectivity index (χ3n) is 7.54. The van der Waals surface area contributed by atoms with E-state index >= 15 is 0 Å². The maximum Gasteiger partial charge on any atom is 0.336 e. The van der Waals surface area contributed by atoms with Gasteiger partial charge in [0.2, 0.25) is 0 Å². The van der Waals surface area contributed by atoms with Gasteiger partial charge < -0.3 is 22.8 Å².